The molecule has 1 aliphatic rings. The lowest BCUT2D eigenvalue weighted by molar-refractivity contribution is 0.187. The first-order valence-electron chi connectivity index (χ1n) is 7.67. The molecule has 2 heterocycles. The smallest absolute Gasteiger partial charge is 0.232 e. The van der Waals surface area contributed by atoms with Crippen molar-refractivity contribution >= 4 is 0 Å². The van der Waals surface area contributed by atoms with E-state index in [4.69, 9.17) is 4.52 Å². The molecule has 1 saturated heterocycles. The van der Waals surface area contributed by atoms with Crippen LogP contribution in [0.5, 0.6) is 0 Å². The molecule has 1 aliphatic heterocycles. The fraction of sp³-hybridized carbons (Fsp3) is 0.867. The van der Waals surface area contributed by atoms with Crippen LogP contribution in [0.15, 0.2) is 4.52 Å². The molecule has 0 amide bonds. The van der Waals surface area contributed by atoms with Gasteiger partial charge >= 0.3 is 0 Å². The summed E-state index contributed by atoms with van der Waals surface area (Å²) in [4.78, 5) is 6.96. The van der Waals surface area contributed by atoms with Crippen molar-refractivity contribution in [2.75, 3.05) is 13.1 Å². The molecular formula is C15H28N4O. The molecule has 1 atom stereocenters. The highest BCUT2D eigenvalue weighted by Gasteiger charge is 2.24. The van der Waals surface area contributed by atoms with Gasteiger partial charge in [-0.2, -0.15) is 4.98 Å². The molecular weight excluding hydrogens is 252 g/mol. The summed E-state index contributed by atoms with van der Waals surface area (Å²) in [6.07, 6.45) is 2.55. The van der Waals surface area contributed by atoms with Crippen molar-refractivity contribution in [3.63, 3.8) is 0 Å². The van der Waals surface area contributed by atoms with Crippen LogP contribution in [-0.2, 0) is 12.0 Å². The van der Waals surface area contributed by atoms with E-state index in [1.807, 2.05) is 0 Å². The maximum atomic E-state index is 5.38. The summed E-state index contributed by atoms with van der Waals surface area (Å²) in [5.41, 5.74) is -0.0824. The first-order valence-corrected chi connectivity index (χ1v) is 7.67. The van der Waals surface area contributed by atoms with Gasteiger partial charge in [0.1, 0.15) is 0 Å². The van der Waals surface area contributed by atoms with Crippen LogP contribution in [0.2, 0.25) is 0 Å². The highest BCUT2D eigenvalue weighted by molar-refractivity contribution is 4.98. The van der Waals surface area contributed by atoms with Gasteiger partial charge in [0.2, 0.25) is 5.89 Å². The van der Waals surface area contributed by atoms with E-state index in [0.29, 0.717) is 12.1 Å². The van der Waals surface area contributed by atoms with Gasteiger partial charge in [0, 0.05) is 24.0 Å². The van der Waals surface area contributed by atoms with Gasteiger partial charge in [0.05, 0.1) is 6.54 Å². The minimum Gasteiger partial charge on any atom is -0.339 e. The average molecular weight is 280 g/mol. The summed E-state index contributed by atoms with van der Waals surface area (Å²) in [6, 6.07) is 1.08. The fourth-order valence-corrected chi connectivity index (χ4v) is 2.46. The summed E-state index contributed by atoms with van der Waals surface area (Å²) in [6.45, 7) is 13.7. The molecule has 20 heavy (non-hydrogen) atoms. The van der Waals surface area contributed by atoms with E-state index >= 15 is 0 Å². The largest absolute Gasteiger partial charge is 0.339 e. The van der Waals surface area contributed by atoms with Gasteiger partial charge < -0.3 is 9.84 Å². The van der Waals surface area contributed by atoms with Crippen LogP contribution in [0.25, 0.3) is 0 Å². The van der Waals surface area contributed by atoms with Gasteiger partial charge in [-0.15, -0.1) is 0 Å². The molecule has 0 saturated carbocycles. The van der Waals surface area contributed by atoms with Crippen molar-refractivity contribution in [2.45, 2.75) is 71.5 Å². The Balaban J connectivity index is 1.98. The maximum Gasteiger partial charge on any atom is 0.232 e. The molecule has 0 aliphatic carbocycles. The Hall–Kier alpha value is -0.940. The molecule has 1 N–H and O–H groups in total. The molecule has 0 aromatic carbocycles. The predicted octanol–water partition coefficient (Wildman–Crippen LogP) is 2.33. The van der Waals surface area contributed by atoms with Crippen LogP contribution in [0.4, 0.5) is 0 Å². The Labute approximate surface area is 122 Å². The SMILES string of the molecule is CC(C)N(Cc1noc(C(C)(C)C)n1)CC1CCCN1. The highest BCUT2D eigenvalue weighted by Crippen LogP contribution is 2.20. The Kier molecular flexibility index (Phi) is 4.81. The highest BCUT2D eigenvalue weighted by atomic mass is 16.5. The van der Waals surface area contributed by atoms with Crippen molar-refractivity contribution in [3.8, 4) is 0 Å². The minimum absolute atomic E-state index is 0.0824. The van der Waals surface area contributed by atoms with E-state index < -0.39 is 0 Å². The Bertz CT molecular complexity index is 416. The summed E-state index contributed by atoms with van der Waals surface area (Å²) < 4.78 is 5.38. The lowest BCUT2D eigenvalue weighted by Gasteiger charge is -2.28. The van der Waals surface area contributed by atoms with Crippen LogP contribution in [0.1, 0.15) is 59.2 Å². The minimum atomic E-state index is -0.0824. The number of rotatable bonds is 5. The van der Waals surface area contributed by atoms with Crippen LogP contribution in [-0.4, -0.2) is 40.2 Å². The zero-order chi connectivity index (χ0) is 14.8. The van der Waals surface area contributed by atoms with Gasteiger partial charge in [-0.05, 0) is 33.2 Å². The number of nitrogens with zero attached hydrogens (tertiary/aromatic N) is 3. The van der Waals surface area contributed by atoms with Crippen molar-refractivity contribution < 1.29 is 4.52 Å². The lowest BCUT2D eigenvalue weighted by atomic mass is 9.97. The van der Waals surface area contributed by atoms with Crippen LogP contribution >= 0.6 is 0 Å². The standard InChI is InChI=1S/C15H28N4O/c1-11(2)19(9-12-7-6-8-16-12)10-13-17-14(20-18-13)15(3,4)5/h11-12,16H,6-10H2,1-5H3. The van der Waals surface area contributed by atoms with Crippen molar-refractivity contribution in [3.05, 3.63) is 11.7 Å². The topological polar surface area (TPSA) is 54.2 Å². The first kappa shape index (κ1) is 15.4. The van der Waals surface area contributed by atoms with Crippen LogP contribution in [0.3, 0.4) is 0 Å². The third-order valence-electron chi connectivity index (χ3n) is 3.80. The monoisotopic (exact) mass is 280 g/mol. The number of aromatic nitrogens is 2. The second-order valence-corrected chi connectivity index (χ2v) is 7.08. The quantitative estimate of drug-likeness (QED) is 0.897. The third-order valence-corrected chi connectivity index (χ3v) is 3.80. The van der Waals surface area contributed by atoms with E-state index in [0.717, 1.165) is 31.3 Å². The zero-order valence-electron chi connectivity index (χ0n) is 13.4. The fourth-order valence-electron chi connectivity index (χ4n) is 2.46. The van der Waals surface area contributed by atoms with Crippen molar-refractivity contribution in [2.24, 2.45) is 0 Å². The predicted molar refractivity (Wildman–Crippen MR) is 79.6 cm³/mol. The summed E-state index contributed by atoms with van der Waals surface area (Å²) in [5.74, 6) is 1.51. The molecule has 5 nitrogen and oxygen atoms in total. The molecule has 1 aromatic heterocycles. The Morgan fingerprint density at radius 2 is 2.15 bits per heavy atom. The van der Waals surface area contributed by atoms with E-state index in [1.54, 1.807) is 0 Å². The number of nitrogens with one attached hydrogen (secondary N) is 1. The van der Waals surface area contributed by atoms with Gasteiger partial charge in [0.15, 0.2) is 5.82 Å². The zero-order valence-corrected chi connectivity index (χ0v) is 13.4. The summed E-state index contributed by atoms with van der Waals surface area (Å²) >= 11 is 0. The second kappa shape index (κ2) is 6.22. The first-order chi connectivity index (χ1) is 9.36. The molecule has 1 fully saturated rings. The summed E-state index contributed by atoms with van der Waals surface area (Å²) in [7, 11) is 0. The van der Waals surface area contributed by atoms with Crippen molar-refractivity contribution in [1.29, 1.82) is 0 Å². The molecule has 0 radical (unpaired) electrons. The lowest BCUT2D eigenvalue weighted by Crippen LogP contribution is -2.41. The molecule has 2 rings (SSSR count). The number of hydrogen-bond donors (Lipinski definition) is 1. The van der Waals surface area contributed by atoms with E-state index in [1.165, 1.54) is 12.8 Å². The van der Waals surface area contributed by atoms with Crippen LogP contribution in [0, 0.1) is 0 Å². The van der Waals surface area contributed by atoms with Crippen molar-refractivity contribution in [1.82, 2.24) is 20.4 Å². The molecule has 0 bridgehead atoms. The molecule has 1 unspecified atom stereocenters. The normalized spacial score (nSPS) is 20.2. The third kappa shape index (κ3) is 4.03. The molecule has 0 spiro atoms. The number of hydrogen-bond acceptors (Lipinski definition) is 5. The second-order valence-electron chi connectivity index (χ2n) is 7.08. The Morgan fingerprint density at radius 3 is 2.65 bits per heavy atom. The van der Waals surface area contributed by atoms with E-state index in [-0.39, 0.29) is 5.41 Å². The van der Waals surface area contributed by atoms with Gasteiger partial charge in [-0.3, -0.25) is 4.90 Å². The van der Waals surface area contributed by atoms with Gasteiger partial charge in [-0.25, -0.2) is 0 Å². The maximum absolute atomic E-state index is 5.38. The Morgan fingerprint density at radius 1 is 1.40 bits per heavy atom. The van der Waals surface area contributed by atoms with Gasteiger partial charge in [0.25, 0.3) is 0 Å². The molecule has 114 valence electrons. The van der Waals surface area contributed by atoms with Gasteiger partial charge in [-0.1, -0.05) is 25.9 Å². The molecule has 5 heteroatoms. The summed E-state index contributed by atoms with van der Waals surface area (Å²) in [5, 5.41) is 7.68. The van der Waals surface area contributed by atoms with E-state index in [9.17, 15) is 0 Å². The molecule has 1 aromatic rings. The average Bonchev–Trinajstić information content (AvgIpc) is 2.97. The van der Waals surface area contributed by atoms with E-state index in [2.05, 4.69) is 55.0 Å². The van der Waals surface area contributed by atoms with Crippen LogP contribution < -0.4 is 5.32 Å².